The van der Waals surface area contributed by atoms with Crippen molar-refractivity contribution in [2.45, 2.75) is 18.0 Å². The van der Waals surface area contributed by atoms with Crippen molar-refractivity contribution in [2.24, 2.45) is 5.73 Å². The van der Waals surface area contributed by atoms with E-state index in [1.807, 2.05) is 0 Å². The highest BCUT2D eigenvalue weighted by molar-refractivity contribution is 7.90. The number of nitrogens with two attached hydrogens (primary N) is 1. The Balaban J connectivity index is 1.72. The van der Waals surface area contributed by atoms with Crippen molar-refractivity contribution in [2.75, 3.05) is 5.32 Å². The summed E-state index contributed by atoms with van der Waals surface area (Å²) in [5.74, 6) is -2.56. The number of anilines is 1. The molecule has 2 aromatic carbocycles. The summed E-state index contributed by atoms with van der Waals surface area (Å²) in [7, 11) is -5.85. The molecule has 3 rings (SSSR count). The van der Waals surface area contributed by atoms with E-state index in [0.29, 0.717) is 16.3 Å². The van der Waals surface area contributed by atoms with Crippen molar-refractivity contribution in [1.82, 2.24) is 4.72 Å². The Morgan fingerprint density at radius 1 is 1.15 bits per heavy atom. The second-order valence-electron chi connectivity index (χ2n) is 7.09. The van der Waals surface area contributed by atoms with Crippen molar-refractivity contribution in [3.05, 3.63) is 65.6 Å². The maximum absolute atomic E-state index is 12.6. The number of carbonyl (C=O) groups excluding carboxylic acids is 1. The van der Waals surface area contributed by atoms with Crippen molar-refractivity contribution in [1.29, 1.82) is 5.41 Å². The number of furan rings is 1. The molecule has 0 aliphatic carbocycles. The quantitative estimate of drug-likeness (QED) is 0.234. The fourth-order valence-electron chi connectivity index (χ4n) is 2.98. The number of nitrogen functional groups attached to an aromatic ring is 1. The number of benzene rings is 2. The Morgan fingerprint density at radius 2 is 1.79 bits per heavy atom. The van der Waals surface area contributed by atoms with E-state index >= 15 is 0 Å². The lowest BCUT2D eigenvalue weighted by Crippen LogP contribution is -2.47. The van der Waals surface area contributed by atoms with Gasteiger partial charge in [0.15, 0.2) is 5.76 Å². The van der Waals surface area contributed by atoms with Gasteiger partial charge in [0.25, 0.3) is 5.91 Å². The van der Waals surface area contributed by atoms with E-state index in [-0.39, 0.29) is 22.8 Å². The minimum absolute atomic E-state index is 0.0123. The molecule has 0 bridgehead atoms. The predicted octanol–water partition coefficient (Wildman–Crippen LogP) is 2.40. The Bertz CT molecular complexity index is 1370. The summed E-state index contributed by atoms with van der Waals surface area (Å²) in [5, 5.41) is 20.1. The number of hydrogen-bond acceptors (Lipinski definition) is 6. The molecule has 1 amide bonds. The minimum atomic E-state index is -5.85. The van der Waals surface area contributed by atoms with Gasteiger partial charge in [-0.1, -0.05) is 18.2 Å². The Labute approximate surface area is 190 Å². The summed E-state index contributed by atoms with van der Waals surface area (Å²) in [5.41, 5.74) is 0.706. The summed E-state index contributed by atoms with van der Waals surface area (Å²) < 4.78 is 66.5. The first-order chi connectivity index (χ1) is 15.8. The number of fused-ring (bicyclic) bond motifs is 1. The molecule has 10 nitrogen and oxygen atoms in total. The van der Waals surface area contributed by atoms with E-state index in [0.717, 1.165) is 4.72 Å². The zero-order valence-corrected chi connectivity index (χ0v) is 17.8. The van der Waals surface area contributed by atoms with Gasteiger partial charge in [-0.25, -0.2) is 8.42 Å². The lowest BCUT2D eigenvalue weighted by Gasteiger charge is -2.16. The summed E-state index contributed by atoms with van der Waals surface area (Å²) in [4.78, 5) is 23.8. The van der Waals surface area contributed by atoms with Crippen molar-refractivity contribution >= 4 is 44.2 Å². The lowest BCUT2D eigenvalue weighted by atomic mass is 10.1. The standard InChI is InChI=1S/C20H17F3N4O6S/c21-20(22,23)34(31,32)27-15(19(29)30)7-10-1-4-13(5-2-10)26-18(28)16-14-6-3-11(17(24)25)8-12(14)9-33-16/h1-6,8-9,15,27H,7H2,(H3,24,25)(H,26,28)(H,29,30)/t15-/m0/s1. The predicted molar refractivity (Wildman–Crippen MR) is 115 cm³/mol. The van der Waals surface area contributed by atoms with Gasteiger partial charge in [-0.15, -0.1) is 0 Å². The van der Waals surface area contributed by atoms with Gasteiger partial charge in [0.2, 0.25) is 0 Å². The highest BCUT2D eigenvalue weighted by Crippen LogP contribution is 2.24. The number of alkyl halides is 3. The number of nitrogens with one attached hydrogen (secondary N) is 3. The molecule has 0 radical (unpaired) electrons. The lowest BCUT2D eigenvalue weighted by molar-refractivity contribution is -0.139. The second kappa shape index (κ2) is 9.15. The highest BCUT2D eigenvalue weighted by Gasteiger charge is 2.47. The maximum Gasteiger partial charge on any atom is 0.511 e. The number of rotatable bonds is 8. The summed E-state index contributed by atoms with van der Waals surface area (Å²) in [6.07, 6.45) is 0.758. The van der Waals surface area contributed by atoms with E-state index in [1.165, 1.54) is 30.5 Å². The molecule has 0 aliphatic rings. The average molecular weight is 498 g/mol. The number of hydrogen-bond donors (Lipinski definition) is 5. The highest BCUT2D eigenvalue weighted by atomic mass is 32.2. The number of aliphatic carboxylic acids is 1. The van der Waals surface area contributed by atoms with Crippen LogP contribution in [0, 0.1) is 5.41 Å². The Morgan fingerprint density at radius 3 is 2.35 bits per heavy atom. The molecule has 3 aromatic rings. The van der Waals surface area contributed by atoms with Crippen LogP contribution in [0.3, 0.4) is 0 Å². The Hall–Kier alpha value is -3.91. The van der Waals surface area contributed by atoms with Crippen LogP contribution in [-0.4, -0.2) is 42.8 Å². The fourth-order valence-corrected chi connectivity index (χ4v) is 3.67. The monoisotopic (exact) mass is 498 g/mol. The summed E-state index contributed by atoms with van der Waals surface area (Å²) in [6, 6.07) is 8.03. The molecule has 14 heteroatoms. The summed E-state index contributed by atoms with van der Waals surface area (Å²) in [6.45, 7) is 0. The smallest absolute Gasteiger partial charge is 0.480 e. The van der Waals surface area contributed by atoms with Crippen LogP contribution in [0.1, 0.15) is 21.7 Å². The molecule has 0 spiro atoms. The van der Waals surface area contributed by atoms with Crippen LogP contribution in [0.5, 0.6) is 0 Å². The molecule has 1 heterocycles. The third-order valence-electron chi connectivity index (χ3n) is 4.67. The number of carbonyl (C=O) groups is 2. The molecule has 0 unspecified atom stereocenters. The molecule has 0 aliphatic heterocycles. The molecular formula is C20H17F3N4O6S. The van der Waals surface area contributed by atoms with Crippen molar-refractivity contribution < 1.29 is 40.7 Å². The van der Waals surface area contributed by atoms with E-state index in [4.69, 9.17) is 20.7 Å². The third-order valence-corrected chi connectivity index (χ3v) is 5.87. The Kier molecular flexibility index (Phi) is 6.65. The van der Waals surface area contributed by atoms with Crippen LogP contribution in [0.2, 0.25) is 0 Å². The summed E-state index contributed by atoms with van der Waals surface area (Å²) >= 11 is 0. The average Bonchev–Trinajstić information content (AvgIpc) is 3.17. The van der Waals surface area contributed by atoms with Gasteiger partial charge >= 0.3 is 21.5 Å². The molecule has 1 aromatic heterocycles. The van der Waals surface area contributed by atoms with Gasteiger partial charge in [-0.2, -0.15) is 17.9 Å². The van der Waals surface area contributed by atoms with Gasteiger partial charge in [-0.05, 0) is 36.2 Å². The second-order valence-corrected chi connectivity index (χ2v) is 8.80. The van der Waals surface area contributed by atoms with Crippen molar-refractivity contribution in [3.63, 3.8) is 0 Å². The van der Waals surface area contributed by atoms with Crippen LogP contribution in [-0.2, 0) is 21.2 Å². The molecule has 180 valence electrons. The number of amidine groups is 1. The third kappa shape index (κ3) is 5.35. The van der Waals surface area contributed by atoms with Crippen LogP contribution in [0.15, 0.2) is 53.1 Å². The SMILES string of the molecule is N=C(N)c1ccc2c(C(=O)Nc3ccc(C[C@H](NS(=O)(=O)C(F)(F)F)C(=O)O)cc3)occ2c1. The van der Waals surface area contributed by atoms with Gasteiger partial charge in [0.1, 0.15) is 11.9 Å². The van der Waals surface area contributed by atoms with Crippen LogP contribution in [0.25, 0.3) is 10.8 Å². The van der Waals surface area contributed by atoms with Crippen LogP contribution < -0.4 is 15.8 Å². The minimum Gasteiger partial charge on any atom is -0.480 e. The number of carboxylic acid groups (broad SMARTS) is 1. The first-order valence-electron chi connectivity index (χ1n) is 9.36. The van der Waals surface area contributed by atoms with Gasteiger partial charge < -0.3 is 20.6 Å². The van der Waals surface area contributed by atoms with Gasteiger partial charge in [-0.3, -0.25) is 15.0 Å². The zero-order valence-electron chi connectivity index (χ0n) is 17.0. The van der Waals surface area contributed by atoms with E-state index in [2.05, 4.69) is 5.32 Å². The topological polar surface area (TPSA) is 176 Å². The number of carboxylic acids is 1. The molecule has 1 atom stereocenters. The van der Waals surface area contributed by atoms with E-state index in [1.54, 1.807) is 18.2 Å². The van der Waals surface area contributed by atoms with E-state index < -0.39 is 39.9 Å². The van der Waals surface area contributed by atoms with Gasteiger partial charge in [0.05, 0.1) is 6.26 Å². The molecule has 6 N–H and O–H groups in total. The molecular weight excluding hydrogens is 481 g/mol. The zero-order chi connectivity index (χ0) is 25.3. The number of amides is 1. The van der Waals surface area contributed by atoms with Gasteiger partial charge in [0, 0.05) is 22.0 Å². The number of sulfonamides is 1. The molecule has 0 fully saturated rings. The maximum atomic E-state index is 12.6. The van der Waals surface area contributed by atoms with Crippen LogP contribution >= 0.6 is 0 Å². The molecule has 34 heavy (non-hydrogen) atoms. The molecule has 0 saturated heterocycles. The fraction of sp³-hybridized carbons (Fsp3) is 0.150. The van der Waals surface area contributed by atoms with Crippen molar-refractivity contribution in [3.8, 4) is 0 Å². The van der Waals surface area contributed by atoms with Crippen LogP contribution in [0.4, 0.5) is 18.9 Å². The first-order valence-corrected chi connectivity index (χ1v) is 10.8. The number of halogens is 3. The first kappa shape index (κ1) is 24.7. The van der Waals surface area contributed by atoms with E-state index in [9.17, 15) is 31.2 Å². The largest absolute Gasteiger partial charge is 0.511 e. The normalized spacial score (nSPS) is 12.9. The molecule has 0 saturated carbocycles.